The molecule has 24 heavy (non-hydrogen) atoms. The highest BCUT2D eigenvalue weighted by molar-refractivity contribution is 5.94. The number of ether oxygens (including phenoxy) is 1. The fraction of sp³-hybridized carbons (Fsp3) is 0.211. The lowest BCUT2D eigenvalue weighted by atomic mass is 10.1. The summed E-state index contributed by atoms with van der Waals surface area (Å²) in [6.45, 7) is 1.81. The topological polar surface area (TPSA) is 70.4 Å². The Balaban J connectivity index is 1.90. The number of benzene rings is 2. The van der Waals surface area contributed by atoms with Crippen molar-refractivity contribution >= 4 is 11.7 Å². The van der Waals surface area contributed by atoms with E-state index in [1.54, 1.807) is 48.3 Å². The fourth-order valence-electron chi connectivity index (χ4n) is 2.11. The van der Waals surface area contributed by atoms with Crippen molar-refractivity contribution in [1.82, 2.24) is 4.90 Å². The number of carbonyl (C=O) groups is 2. The van der Waals surface area contributed by atoms with E-state index < -0.39 is 0 Å². The minimum Gasteiger partial charge on any atom is -0.484 e. The van der Waals surface area contributed by atoms with E-state index in [9.17, 15) is 9.59 Å². The lowest BCUT2D eigenvalue weighted by Crippen LogP contribution is -2.30. The largest absolute Gasteiger partial charge is 0.484 e. The quantitative estimate of drug-likeness (QED) is 0.767. The minimum atomic E-state index is -0.174. The second-order valence-electron chi connectivity index (χ2n) is 5.43. The summed E-state index contributed by atoms with van der Waals surface area (Å²) in [7, 11) is 1.69. The van der Waals surface area contributed by atoms with Gasteiger partial charge in [-0.2, -0.15) is 5.26 Å². The number of ketones is 1. The molecule has 2 aromatic carbocycles. The summed E-state index contributed by atoms with van der Waals surface area (Å²) in [4.78, 5) is 25.0. The van der Waals surface area contributed by atoms with Crippen molar-refractivity contribution in [2.24, 2.45) is 0 Å². The first-order chi connectivity index (χ1) is 11.5. The van der Waals surface area contributed by atoms with Gasteiger partial charge in [-0.15, -0.1) is 0 Å². The van der Waals surface area contributed by atoms with Crippen LogP contribution in [-0.2, 0) is 11.3 Å². The molecule has 0 aliphatic carbocycles. The number of carbonyl (C=O) groups excluding carboxylic acids is 2. The molecule has 2 rings (SSSR count). The van der Waals surface area contributed by atoms with Gasteiger partial charge in [0.15, 0.2) is 12.4 Å². The van der Waals surface area contributed by atoms with E-state index in [-0.39, 0.29) is 18.3 Å². The zero-order valence-corrected chi connectivity index (χ0v) is 13.7. The summed E-state index contributed by atoms with van der Waals surface area (Å²) in [5, 5.41) is 8.78. The van der Waals surface area contributed by atoms with Gasteiger partial charge in [-0.05, 0) is 36.8 Å². The fourth-order valence-corrected chi connectivity index (χ4v) is 2.11. The number of nitrogens with zero attached hydrogens (tertiary/aromatic N) is 2. The van der Waals surface area contributed by atoms with Crippen LogP contribution in [0.1, 0.15) is 28.4 Å². The van der Waals surface area contributed by atoms with Gasteiger partial charge in [-0.25, -0.2) is 0 Å². The average Bonchev–Trinajstić information content (AvgIpc) is 2.60. The molecular weight excluding hydrogens is 304 g/mol. The van der Waals surface area contributed by atoms with Gasteiger partial charge >= 0.3 is 0 Å². The highest BCUT2D eigenvalue weighted by atomic mass is 16.5. The molecule has 1 amide bonds. The Morgan fingerprint density at radius 2 is 1.88 bits per heavy atom. The van der Waals surface area contributed by atoms with Crippen LogP contribution in [0.15, 0.2) is 48.5 Å². The van der Waals surface area contributed by atoms with Crippen molar-refractivity contribution in [3.63, 3.8) is 0 Å². The summed E-state index contributed by atoms with van der Waals surface area (Å²) in [6.07, 6.45) is 0. The van der Waals surface area contributed by atoms with Crippen LogP contribution < -0.4 is 4.74 Å². The zero-order chi connectivity index (χ0) is 17.5. The van der Waals surface area contributed by atoms with Crippen LogP contribution in [0.4, 0.5) is 0 Å². The van der Waals surface area contributed by atoms with E-state index in [1.165, 1.54) is 6.92 Å². The maximum Gasteiger partial charge on any atom is 0.260 e. The summed E-state index contributed by atoms with van der Waals surface area (Å²) >= 11 is 0. The Labute approximate surface area is 141 Å². The normalized spacial score (nSPS) is 9.88. The number of likely N-dealkylation sites (N-methyl/N-ethyl adjacent to an activating group) is 1. The lowest BCUT2D eigenvalue weighted by molar-refractivity contribution is -0.132. The molecule has 0 saturated heterocycles. The molecular formula is C19H18N2O3. The average molecular weight is 322 g/mol. The second kappa shape index (κ2) is 7.93. The number of hydrogen-bond donors (Lipinski definition) is 0. The summed E-state index contributed by atoms with van der Waals surface area (Å²) in [5.41, 5.74) is 2.07. The van der Waals surface area contributed by atoms with Crippen LogP contribution in [0.2, 0.25) is 0 Å². The van der Waals surface area contributed by atoms with E-state index in [2.05, 4.69) is 6.07 Å². The molecule has 2 aromatic rings. The van der Waals surface area contributed by atoms with Crippen molar-refractivity contribution in [2.75, 3.05) is 13.7 Å². The zero-order valence-electron chi connectivity index (χ0n) is 13.7. The molecule has 0 saturated carbocycles. The predicted molar refractivity (Wildman–Crippen MR) is 89.6 cm³/mol. The second-order valence-corrected chi connectivity index (χ2v) is 5.43. The van der Waals surface area contributed by atoms with Crippen molar-refractivity contribution in [2.45, 2.75) is 13.5 Å². The van der Waals surface area contributed by atoms with Crippen LogP contribution in [0.25, 0.3) is 0 Å². The SMILES string of the molecule is CC(=O)c1cccc(OCC(=O)N(C)Cc2ccc(C#N)cc2)c1. The Bertz CT molecular complexity index is 776. The third kappa shape index (κ3) is 4.68. The van der Waals surface area contributed by atoms with Crippen LogP contribution in [0.5, 0.6) is 5.75 Å². The van der Waals surface area contributed by atoms with Crippen molar-refractivity contribution < 1.29 is 14.3 Å². The molecule has 0 unspecified atom stereocenters. The van der Waals surface area contributed by atoms with E-state index in [0.717, 1.165) is 5.56 Å². The molecule has 0 heterocycles. The first-order valence-electron chi connectivity index (χ1n) is 7.46. The molecule has 0 radical (unpaired) electrons. The smallest absolute Gasteiger partial charge is 0.260 e. The van der Waals surface area contributed by atoms with Gasteiger partial charge < -0.3 is 9.64 Å². The van der Waals surface area contributed by atoms with Crippen LogP contribution in [0, 0.1) is 11.3 Å². The molecule has 0 fully saturated rings. The van der Waals surface area contributed by atoms with Gasteiger partial charge in [-0.3, -0.25) is 9.59 Å². The Morgan fingerprint density at radius 1 is 1.17 bits per heavy atom. The predicted octanol–water partition coefficient (Wildman–Crippen LogP) is 2.80. The van der Waals surface area contributed by atoms with Crippen molar-refractivity contribution in [1.29, 1.82) is 5.26 Å². The maximum absolute atomic E-state index is 12.1. The van der Waals surface area contributed by atoms with Crippen LogP contribution in [-0.4, -0.2) is 30.2 Å². The van der Waals surface area contributed by atoms with E-state index in [1.807, 2.05) is 12.1 Å². The molecule has 5 heteroatoms. The van der Waals surface area contributed by atoms with Crippen LogP contribution in [0.3, 0.4) is 0 Å². The highest BCUT2D eigenvalue weighted by Crippen LogP contribution is 2.14. The van der Waals surface area contributed by atoms with Gasteiger partial charge in [0.05, 0.1) is 11.6 Å². The molecule has 0 aliphatic heterocycles. The standard InChI is InChI=1S/C19H18N2O3/c1-14(22)17-4-3-5-18(10-17)24-13-19(23)21(2)12-16-8-6-15(11-20)7-9-16/h3-10H,12-13H2,1-2H3. The number of amides is 1. The molecule has 0 bridgehead atoms. The third-order valence-electron chi connectivity index (χ3n) is 3.53. The van der Waals surface area contributed by atoms with Gasteiger partial charge in [0, 0.05) is 19.2 Å². The van der Waals surface area contributed by atoms with E-state index in [0.29, 0.717) is 23.4 Å². The number of nitriles is 1. The van der Waals surface area contributed by atoms with E-state index >= 15 is 0 Å². The molecule has 5 nitrogen and oxygen atoms in total. The third-order valence-corrected chi connectivity index (χ3v) is 3.53. The number of Topliss-reactive ketones (excluding diaryl/α,β-unsaturated/α-hetero) is 1. The molecule has 0 aromatic heterocycles. The van der Waals surface area contributed by atoms with Gasteiger partial charge in [0.2, 0.25) is 0 Å². The highest BCUT2D eigenvalue weighted by Gasteiger charge is 2.11. The number of hydrogen-bond acceptors (Lipinski definition) is 4. The Kier molecular flexibility index (Phi) is 5.69. The Morgan fingerprint density at radius 3 is 2.50 bits per heavy atom. The molecule has 0 spiro atoms. The van der Waals surface area contributed by atoms with Crippen LogP contribution >= 0.6 is 0 Å². The lowest BCUT2D eigenvalue weighted by Gasteiger charge is -2.17. The summed E-state index contributed by atoms with van der Waals surface area (Å²) in [5.74, 6) is 0.264. The minimum absolute atomic E-state index is 0.0512. The number of rotatable bonds is 6. The van der Waals surface area contributed by atoms with E-state index in [4.69, 9.17) is 10.00 Å². The molecule has 122 valence electrons. The first-order valence-corrected chi connectivity index (χ1v) is 7.46. The molecule has 0 atom stereocenters. The summed E-state index contributed by atoms with van der Waals surface area (Å²) in [6, 6.07) is 15.9. The van der Waals surface area contributed by atoms with Gasteiger partial charge in [0.1, 0.15) is 5.75 Å². The maximum atomic E-state index is 12.1. The van der Waals surface area contributed by atoms with Gasteiger partial charge in [0.25, 0.3) is 5.91 Å². The molecule has 0 N–H and O–H groups in total. The summed E-state index contributed by atoms with van der Waals surface area (Å²) < 4.78 is 5.47. The van der Waals surface area contributed by atoms with Crippen molar-refractivity contribution in [3.05, 3.63) is 65.2 Å². The van der Waals surface area contributed by atoms with Gasteiger partial charge in [-0.1, -0.05) is 24.3 Å². The molecule has 0 aliphatic rings. The van der Waals surface area contributed by atoms with Crippen molar-refractivity contribution in [3.8, 4) is 11.8 Å². The first kappa shape index (κ1) is 17.2. The monoisotopic (exact) mass is 322 g/mol. The Hall–Kier alpha value is -3.13.